The van der Waals surface area contributed by atoms with E-state index in [-0.39, 0.29) is 11.8 Å². The van der Waals surface area contributed by atoms with Crippen molar-refractivity contribution in [3.05, 3.63) is 35.4 Å². The van der Waals surface area contributed by atoms with Crippen LogP contribution in [0.2, 0.25) is 0 Å². The first-order valence-electron chi connectivity index (χ1n) is 9.40. The SMILES string of the molecule is Cc1ccccc1CN(C)C(=O)COC(=O)CN1C(=O)NC2(CCCC2)C1=O. The van der Waals surface area contributed by atoms with Gasteiger partial charge in [0.2, 0.25) is 0 Å². The number of likely N-dealkylation sites (N-methyl/N-ethyl adjacent to an activating group) is 1. The molecular formula is C20H25N3O5. The molecule has 1 saturated carbocycles. The van der Waals surface area contributed by atoms with Gasteiger partial charge in [-0.25, -0.2) is 4.79 Å². The molecule has 28 heavy (non-hydrogen) atoms. The first-order valence-corrected chi connectivity index (χ1v) is 9.40. The zero-order valence-electron chi connectivity index (χ0n) is 16.2. The molecule has 1 saturated heterocycles. The summed E-state index contributed by atoms with van der Waals surface area (Å²) in [5.74, 6) is -1.52. The molecule has 1 N–H and O–H groups in total. The maximum absolute atomic E-state index is 12.5. The third-order valence-electron chi connectivity index (χ3n) is 5.44. The Bertz CT molecular complexity index is 801. The smallest absolute Gasteiger partial charge is 0.326 e. The van der Waals surface area contributed by atoms with Crippen LogP contribution in [0, 0.1) is 6.92 Å². The van der Waals surface area contributed by atoms with Crippen LogP contribution < -0.4 is 5.32 Å². The van der Waals surface area contributed by atoms with E-state index < -0.39 is 30.7 Å². The molecule has 0 atom stereocenters. The standard InChI is InChI=1S/C20H25N3O5/c1-14-7-3-4-8-15(14)11-22(2)16(24)13-28-17(25)12-23-18(26)20(21-19(23)27)9-5-6-10-20/h3-4,7-8H,5-6,9-13H2,1-2H3,(H,21,27). The third kappa shape index (κ3) is 4.00. The minimum Gasteiger partial charge on any atom is -0.454 e. The van der Waals surface area contributed by atoms with Gasteiger partial charge in [-0.2, -0.15) is 0 Å². The van der Waals surface area contributed by atoms with E-state index in [1.165, 1.54) is 4.90 Å². The molecule has 8 heteroatoms. The number of aryl methyl sites for hydroxylation is 1. The van der Waals surface area contributed by atoms with Crippen LogP contribution in [0.4, 0.5) is 4.79 Å². The first kappa shape index (κ1) is 19.9. The Morgan fingerprint density at radius 3 is 2.57 bits per heavy atom. The average molecular weight is 387 g/mol. The van der Waals surface area contributed by atoms with Crippen molar-refractivity contribution >= 4 is 23.8 Å². The summed E-state index contributed by atoms with van der Waals surface area (Å²) in [6.07, 6.45) is 2.91. The molecule has 1 aromatic rings. The number of nitrogens with one attached hydrogen (secondary N) is 1. The van der Waals surface area contributed by atoms with E-state index in [1.54, 1.807) is 7.05 Å². The molecule has 1 aromatic carbocycles. The molecule has 0 unspecified atom stereocenters. The van der Waals surface area contributed by atoms with Gasteiger partial charge in [0, 0.05) is 13.6 Å². The largest absolute Gasteiger partial charge is 0.454 e. The minimum absolute atomic E-state index is 0.360. The Kier molecular flexibility index (Phi) is 5.67. The van der Waals surface area contributed by atoms with Gasteiger partial charge in [-0.3, -0.25) is 19.3 Å². The normalized spacial score (nSPS) is 17.7. The number of hydrogen-bond donors (Lipinski definition) is 1. The highest BCUT2D eigenvalue weighted by Crippen LogP contribution is 2.34. The number of hydrogen-bond acceptors (Lipinski definition) is 5. The second-order valence-electron chi connectivity index (χ2n) is 7.45. The molecule has 2 aliphatic rings. The Labute approximate surface area is 163 Å². The number of carbonyl (C=O) groups is 4. The Hall–Kier alpha value is -2.90. The molecular weight excluding hydrogens is 362 g/mol. The zero-order chi connectivity index (χ0) is 20.3. The van der Waals surface area contributed by atoms with Gasteiger partial charge < -0.3 is 15.0 Å². The van der Waals surface area contributed by atoms with Gasteiger partial charge >= 0.3 is 12.0 Å². The predicted octanol–water partition coefficient (Wildman–Crippen LogP) is 1.36. The lowest BCUT2D eigenvalue weighted by Gasteiger charge is -2.20. The molecule has 1 spiro atoms. The number of ether oxygens (including phenoxy) is 1. The highest BCUT2D eigenvalue weighted by Gasteiger charge is 2.52. The highest BCUT2D eigenvalue weighted by atomic mass is 16.5. The maximum Gasteiger partial charge on any atom is 0.326 e. The summed E-state index contributed by atoms with van der Waals surface area (Å²) in [7, 11) is 1.63. The number of rotatable bonds is 6. The predicted molar refractivity (Wildman–Crippen MR) is 100 cm³/mol. The number of carbonyl (C=O) groups excluding carboxylic acids is 4. The fraction of sp³-hybridized carbons (Fsp3) is 0.500. The van der Waals surface area contributed by atoms with Crippen LogP contribution in [0.3, 0.4) is 0 Å². The van der Waals surface area contributed by atoms with Gasteiger partial charge in [-0.15, -0.1) is 0 Å². The van der Waals surface area contributed by atoms with E-state index in [0.29, 0.717) is 19.4 Å². The van der Waals surface area contributed by atoms with Crippen LogP contribution in [0.25, 0.3) is 0 Å². The average Bonchev–Trinajstić information content (AvgIpc) is 3.22. The van der Waals surface area contributed by atoms with Crippen LogP contribution in [0.5, 0.6) is 0 Å². The Morgan fingerprint density at radius 2 is 1.89 bits per heavy atom. The van der Waals surface area contributed by atoms with Gasteiger partial charge in [0.25, 0.3) is 11.8 Å². The topological polar surface area (TPSA) is 96.0 Å². The van der Waals surface area contributed by atoms with Crippen molar-refractivity contribution in [2.75, 3.05) is 20.2 Å². The van der Waals surface area contributed by atoms with Crippen LogP contribution in [-0.4, -0.2) is 59.4 Å². The lowest BCUT2D eigenvalue weighted by atomic mass is 9.98. The van der Waals surface area contributed by atoms with Crippen LogP contribution in [-0.2, 0) is 25.7 Å². The summed E-state index contributed by atoms with van der Waals surface area (Å²) in [4.78, 5) is 51.2. The van der Waals surface area contributed by atoms with Crippen molar-refractivity contribution in [2.24, 2.45) is 0 Å². The molecule has 3 rings (SSSR count). The fourth-order valence-corrected chi connectivity index (χ4v) is 3.70. The summed E-state index contributed by atoms with van der Waals surface area (Å²) >= 11 is 0. The fourth-order valence-electron chi connectivity index (χ4n) is 3.70. The van der Waals surface area contributed by atoms with Crippen molar-refractivity contribution in [1.29, 1.82) is 0 Å². The van der Waals surface area contributed by atoms with E-state index in [2.05, 4.69) is 5.32 Å². The molecule has 2 fully saturated rings. The van der Waals surface area contributed by atoms with Crippen molar-refractivity contribution in [2.45, 2.75) is 44.7 Å². The van der Waals surface area contributed by atoms with E-state index in [0.717, 1.165) is 28.9 Å². The van der Waals surface area contributed by atoms with Gasteiger partial charge in [-0.1, -0.05) is 37.1 Å². The molecule has 0 aromatic heterocycles. The third-order valence-corrected chi connectivity index (χ3v) is 5.44. The summed E-state index contributed by atoms with van der Waals surface area (Å²) < 4.78 is 5.00. The lowest BCUT2D eigenvalue weighted by molar-refractivity contribution is -0.153. The zero-order valence-corrected chi connectivity index (χ0v) is 16.2. The summed E-state index contributed by atoms with van der Waals surface area (Å²) in [6, 6.07) is 7.14. The number of benzene rings is 1. The van der Waals surface area contributed by atoms with Crippen molar-refractivity contribution in [3.8, 4) is 0 Å². The number of nitrogens with zero attached hydrogens (tertiary/aromatic N) is 2. The van der Waals surface area contributed by atoms with Crippen LogP contribution >= 0.6 is 0 Å². The number of amides is 4. The second kappa shape index (κ2) is 8.00. The minimum atomic E-state index is -0.860. The molecule has 1 heterocycles. The Morgan fingerprint density at radius 1 is 1.21 bits per heavy atom. The monoisotopic (exact) mass is 387 g/mol. The molecule has 4 amide bonds. The van der Waals surface area contributed by atoms with Gasteiger partial charge in [0.15, 0.2) is 6.61 Å². The highest BCUT2D eigenvalue weighted by molar-refractivity contribution is 6.08. The molecule has 1 aliphatic heterocycles. The van der Waals surface area contributed by atoms with E-state index in [1.807, 2.05) is 31.2 Å². The van der Waals surface area contributed by atoms with Crippen molar-refractivity contribution < 1.29 is 23.9 Å². The molecule has 0 bridgehead atoms. The molecule has 1 aliphatic carbocycles. The van der Waals surface area contributed by atoms with Gasteiger partial charge in [-0.05, 0) is 30.9 Å². The first-order chi connectivity index (χ1) is 13.3. The number of esters is 1. The summed E-state index contributed by atoms with van der Waals surface area (Å²) in [6.45, 7) is 1.44. The molecule has 0 radical (unpaired) electrons. The summed E-state index contributed by atoms with van der Waals surface area (Å²) in [5.41, 5.74) is 1.21. The van der Waals surface area contributed by atoms with Gasteiger partial charge in [0.05, 0.1) is 0 Å². The number of imide groups is 1. The lowest BCUT2D eigenvalue weighted by Crippen LogP contribution is -2.44. The Balaban J connectivity index is 1.49. The van der Waals surface area contributed by atoms with Gasteiger partial charge in [0.1, 0.15) is 12.1 Å². The van der Waals surface area contributed by atoms with Crippen LogP contribution in [0.1, 0.15) is 36.8 Å². The van der Waals surface area contributed by atoms with Crippen molar-refractivity contribution in [1.82, 2.24) is 15.1 Å². The maximum atomic E-state index is 12.5. The molecule has 150 valence electrons. The molecule has 8 nitrogen and oxygen atoms in total. The van der Waals surface area contributed by atoms with Crippen molar-refractivity contribution in [3.63, 3.8) is 0 Å². The van der Waals surface area contributed by atoms with Crippen LogP contribution in [0.15, 0.2) is 24.3 Å². The summed E-state index contributed by atoms with van der Waals surface area (Å²) in [5, 5.41) is 2.70. The number of urea groups is 1. The van der Waals surface area contributed by atoms with E-state index >= 15 is 0 Å². The second-order valence-corrected chi connectivity index (χ2v) is 7.45. The van der Waals surface area contributed by atoms with E-state index in [4.69, 9.17) is 4.74 Å². The quantitative estimate of drug-likeness (QED) is 0.587. The van der Waals surface area contributed by atoms with E-state index in [9.17, 15) is 19.2 Å².